The molecule has 1 aromatic carbocycles. The number of rotatable bonds is 5. The molecule has 1 fully saturated rings. The van der Waals surface area contributed by atoms with Crippen molar-refractivity contribution >= 4 is 5.96 Å². The van der Waals surface area contributed by atoms with E-state index in [2.05, 4.69) is 15.6 Å². The molecule has 2 rings (SSSR count). The predicted octanol–water partition coefficient (Wildman–Crippen LogP) is 2.90. The number of hydrogen-bond acceptors (Lipinski definition) is 2. The lowest BCUT2D eigenvalue weighted by molar-refractivity contribution is -0.143. The first-order valence-corrected chi connectivity index (χ1v) is 8.61. The van der Waals surface area contributed by atoms with E-state index in [9.17, 15) is 17.6 Å². The molecule has 0 aromatic heterocycles. The summed E-state index contributed by atoms with van der Waals surface area (Å²) in [6.07, 6.45) is -3.55. The number of alkyl halides is 3. The van der Waals surface area contributed by atoms with Crippen LogP contribution in [0, 0.1) is 5.82 Å². The van der Waals surface area contributed by atoms with E-state index in [1.54, 1.807) is 13.1 Å². The Hall–Kier alpha value is -1.83. The maximum Gasteiger partial charge on any atom is 0.401 e. The van der Waals surface area contributed by atoms with Gasteiger partial charge < -0.3 is 10.6 Å². The fraction of sp³-hybridized carbons (Fsp3) is 0.611. The van der Waals surface area contributed by atoms with Crippen molar-refractivity contribution in [1.82, 2.24) is 15.5 Å². The van der Waals surface area contributed by atoms with Crippen molar-refractivity contribution in [2.45, 2.75) is 37.9 Å². The van der Waals surface area contributed by atoms with Gasteiger partial charge in [-0.05, 0) is 24.1 Å². The molecule has 1 aliphatic rings. The van der Waals surface area contributed by atoms with Gasteiger partial charge in [-0.25, -0.2) is 4.39 Å². The highest BCUT2D eigenvalue weighted by Crippen LogP contribution is 2.23. The van der Waals surface area contributed by atoms with Gasteiger partial charge in [-0.1, -0.05) is 26.0 Å². The molecule has 1 atom stereocenters. The van der Waals surface area contributed by atoms with E-state index in [1.807, 2.05) is 19.9 Å². The van der Waals surface area contributed by atoms with E-state index >= 15 is 0 Å². The first-order chi connectivity index (χ1) is 12.1. The lowest BCUT2D eigenvalue weighted by Gasteiger charge is -2.27. The molecule has 0 saturated carbocycles. The monoisotopic (exact) mass is 374 g/mol. The second-order valence-electron chi connectivity index (χ2n) is 7.30. The van der Waals surface area contributed by atoms with Gasteiger partial charge in [0.2, 0.25) is 0 Å². The van der Waals surface area contributed by atoms with Crippen LogP contribution < -0.4 is 10.6 Å². The van der Waals surface area contributed by atoms with Crippen molar-refractivity contribution < 1.29 is 17.6 Å². The lowest BCUT2D eigenvalue weighted by Crippen LogP contribution is -2.48. The second kappa shape index (κ2) is 8.24. The van der Waals surface area contributed by atoms with Crippen LogP contribution >= 0.6 is 0 Å². The number of aliphatic imine (C=N–C) groups is 1. The average molecular weight is 374 g/mol. The van der Waals surface area contributed by atoms with Crippen molar-refractivity contribution in [1.29, 1.82) is 0 Å². The molecule has 1 saturated heterocycles. The van der Waals surface area contributed by atoms with E-state index in [4.69, 9.17) is 0 Å². The predicted molar refractivity (Wildman–Crippen MR) is 94.8 cm³/mol. The van der Waals surface area contributed by atoms with Crippen LogP contribution in [0.25, 0.3) is 0 Å². The fourth-order valence-electron chi connectivity index (χ4n) is 3.05. The van der Waals surface area contributed by atoms with Crippen molar-refractivity contribution in [2.24, 2.45) is 4.99 Å². The Morgan fingerprint density at radius 1 is 1.31 bits per heavy atom. The van der Waals surface area contributed by atoms with Crippen LogP contribution in [0.2, 0.25) is 0 Å². The van der Waals surface area contributed by atoms with Crippen LogP contribution in [-0.4, -0.2) is 56.3 Å². The summed E-state index contributed by atoms with van der Waals surface area (Å²) in [4.78, 5) is 5.54. The molecular formula is C18H26F4N4. The quantitative estimate of drug-likeness (QED) is 0.473. The van der Waals surface area contributed by atoms with E-state index in [0.29, 0.717) is 32.0 Å². The third kappa shape index (κ3) is 6.16. The van der Waals surface area contributed by atoms with Gasteiger partial charge in [0.25, 0.3) is 0 Å². The molecular weight excluding hydrogens is 348 g/mol. The van der Waals surface area contributed by atoms with Gasteiger partial charge in [0.15, 0.2) is 5.96 Å². The highest BCUT2D eigenvalue weighted by molar-refractivity contribution is 5.80. The third-order valence-corrected chi connectivity index (χ3v) is 4.54. The van der Waals surface area contributed by atoms with Gasteiger partial charge in [-0.3, -0.25) is 9.89 Å². The standard InChI is InChI=1S/C18H26F4N4/c1-17(2,13-5-4-6-14(19)9-13)11-24-16(23-3)25-15-7-8-26(10-15)12-18(20,21)22/h4-6,9,15H,7-8,10-12H2,1-3H3,(H2,23,24,25). The molecule has 1 aliphatic heterocycles. The summed E-state index contributed by atoms with van der Waals surface area (Å²) in [5.41, 5.74) is 0.523. The highest BCUT2D eigenvalue weighted by atomic mass is 19.4. The normalized spacial score (nSPS) is 19.7. The zero-order valence-electron chi connectivity index (χ0n) is 15.3. The number of guanidine groups is 1. The molecule has 1 heterocycles. The minimum Gasteiger partial charge on any atom is -0.356 e. The van der Waals surface area contributed by atoms with Gasteiger partial charge in [-0.15, -0.1) is 0 Å². The zero-order valence-corrected chi connectivity index (χ0v) is 15.3. The largest absolute Gasteiger partial charge is 0.401 e. The Balaban J connectivity index is 1.86. The Kier molecular flexibility index (Phi) is 6.49. The summed E-state index contributed by atoms with van der Waals surface area (Å²) in [5, 5.41) is 6.37. The van der Waals surface area contributed by atoms with E-state index in [1.165, 1.54) is 17.0 Å². The fourth-order valence-corrected chi connectivity index (χ4v) is 3.05. The number of likely N-dealkylation sites (tertiary alicyclic amines) is 1. The molecule has 1 aromatic rings. The van der Waals surface area contributed by atoms with Crippen molar-refractivity contribution in [3.63, 3.8) is 0 Å². The molecule has 26 heavy (non-hydrogen) atoms. The van der Waals surface area contributed by atoms with Crippen LogP contribution in [0.15, 0.2) is 29.3 Å². The molecule has 1 unspecified atom stereocenters. The summed E-state index contributed by atoms with van der Waals surface area (Å²) in [7, 11) is 1.62. The summed E-state index contributed by atoms with van der Waals surface area (Å²) < 4.78 is 50.9. The molecule has 0 spiro atoms. The van der Waals surface area contributed by atoms with Gasteiger partial charge in [0, 0.05) is 38.1 Å². The number of benzene rings is 1. The zero-order chi connectivity index (χ0) is 19.4. The molecule has 4 nitrogen and oxygen atoms in total. The Bertz CT molecular complexity index is 628. The van der Waals surface area contributed by atoms with Crippen LogP contribution in [0.4, 0.5) is 17.6 Å². The van der Waals surface area contributed by atoms with Crippen LogP contribution in [0.1, 0.15) is 25.8 Å². The summed E-state index contributed by atoms with van der Waals surface area (Å²) >= 11 is 0. The minimum atomic E-state index is -4.18. The first kappa shape index (κ1) is 20.5. The van der Waals surface area contributed by atoms with E-state index < -0.39 is 12.7 Å². The highest BCUT2D eigenvalue weighted by Gasteiger charge is 2.34. The maximum atomic E-state index is 13.4. The van der Waals surface area contributed by atoms with E-state index in [0.717, 1.165) is 5.56 Å². The molecule has 0 radical (unpaired) electrons. The van der Waals surface area contributed by atoms with Gasteiger partial charge in [-0.2, -0.15) is 13.2 Å². The molecule has 0 aliphatic carbocycles. The number of nitrogens with one attached hydrogen (secondary N) is 2. The van der Waals surface area contributed by atoms with Gasteiger partial charge in [0.05, 0.1) is 6.54 Å². The Morgan fingerprint density at radius 2 is 2.04 bits per heavy atom. The van der Waals surface area contributed by atoms with Crippen molar-refractivity contribution in [3.05, 3.63) is 35.6 Å². The minimum absolute atomic E-state index is 0.0826. The van der Waals surface area contributed by atoms with Gasteiger partial charge >= 0.3 is 6.18 Å². The summed E-state index contributed by atoms with van der Waals surface area (Å²) in [6, 6.07) is 6.37. The van der Waals surface area contributed by atoms with Crippen molar-refractivity contribution in [2.75, 3.05) is 33.2 Å². The molecule has 8 heteroatoms. The Morgan fingerprint density at radius 3 is 2.65 bits per heavy atom. The third-order valence-electron chi connectivity index (χ3n) is 4.54. The lowest BCUT2D eigenvalue weighted by atomic mass is 9.84. The number of halogens is 4. The number of nitrogens with zero attached hydrogens (tertiary/aromatic N) is 2. The Labute approximate surface area is 151 Å². The van der Waals surface area contributed by atoms with Gasteiger partial charge in [0.1, 0.15) is 5.82 Å². The smallest absolute Gasteiger partial charge is 0.356 e. The van der Waals surface area contributed by atoms with Crippen molar-refractivity contribution in [3.8, 4) is 0 Å². The second-order valence-corrected chi connectivity index (χ2v) is 7.30. The molecule has 2 N–H and O–H groups in total. The average Bonchev–Trinajstić information content (AvgIpc) is 2.96. The first-order valence-electron chi connectivity index (χ1n) is 8.61. The summed E-state index contributed by atoms with van der Waals surface area (Å²) in [6.45, 7) is 4.33. The molecule has 146 valence electrons. The van der Waals surface area contributed by atoms with Crippen LogP contribution in [0.3, 0.4) is 0 Å². The van der Waals surface area contributed by atoms with E-state index in [-0.39, 0.29) is 17.3 Å². The SMILES string of the molecule is CN=C(NCC(C)(C)c1cccc(F)c1)NC1CCN(CC(F)(F)F)C1. The number of hydrogen-bond donors (Lipinski definition) is 2. The summed E-state index contributed by atoms with van der Waals surface area (Å²) in [5.74, 6) is 0.252. The van der Waals surface area contributed by atoms with Crippen LogP contribution in [0.5, 0.6) is 0 Å². The van der Waals surface area contributed by atoms with Crippen LogP contribution in [-0.2, 0) is 5.41 Å². The molecule has 0 bridgehead atoms. The molecule has 0 amide bonds. The maximum absolute atomic E-state index is 13.4. The topological polar surface area (TPSA) is 39.7 Å².